The van der Waals surface area contributed by atoms with Crippen molar-refractivity contribution in [3.63, 3.8) is 0 Å². The van der Waals surface area contributed by atoms with E-state index in [1.165, 1.54) is 12.1 Å². The molecule has 0 aliphatic rings. The molecule has 27 heavy (non-hydrogen) atoms. The number of nitrogens with one attached hydrogen (secondary N) is 2. The number of nitrogens with zero attached hydrogens (tertiary/aromatic N) is 3. The predicted octanol–water partition coefficient (Wildman–Crippen LogP) is 3.81. The summed E-state index contributed by atoms with van der Waals surface area (Å²) in [4.78, 5) is 9.11. The second kappa shape index (κ2) is 16.0. The van der Waals surface area contributed by atoms with Gasteiger partial charge in [-0.05, 0) is 65.8 Å². The lowest BCUT2D eigenvalue weighted by molar-refractivity contribution is 0.268. The Hall–Kier alpha value is -1.02. The van der Waals surface area contributed by atoms with E-state index < -0.39 is 0 Å². The molecular weight excluding hydrogens is 449 g/mol. The fourth-order valence-corrected chi connectivity index (χ4v) is 2.76. The first-order chi connectivity index (χ1) is 12.6. The molecule has 0 saturated heterocycles. The van der Waals surface area contributed by atoms with E-state index in [4.69, 9.17) is 0 Å². The number of hydrogen-bond donors (Lipinski definition) is 2. The van der Waals surface area contributed by atoms with Gasteiger partial charge in [-0.25, -0.2) is 0 Å². The Balaban J connectivity index is 0.00000676. The molecule has 1 rings (SSSR count). The van der Waals surface area contributed by atoms with Gasteiger partial charge in [0.2, 0.25) is 0 Å². The average Bonchev–Trinajstić information content (AvgIpc) is 2.66. The first-order valence-corrected chi connectivity index (χ1v) is 10.0. The number of para-hydroxylation sites is 1. The summed E-state index contributed by atoms with van der Waals surface area (Å²) in [6, 6.07) is 11.2. The number of halogens is 1. The minimum atomic E-state index is 0. The van der Waals surface area contributed by atoms with Crippen LogP contribution in [0.25, 0.3) is 0 Å². The molecule has 0 saturated carbocycles. The van der Waals surface area contributed by atoms with Crippen molar-refractivity contribution >= 4 is 35.6 Å². The molecule has 0 aliphatic carbocycles. The predicted molar refractivity (Wildman–Crippen MR) is 131 cm³/mol. The lowest BCUT2D eigenvalue weighted by Crippen LogP contribution is -2.39. The minimum absolute atomic E-state index is 0. The van der Waals surface area contributed by atoms with Crippen molar-refractivity contribution in [3.05, 3.63) is 30.3 Å². The molecule has 0 radical (unpaired) electrons. The molecule has 5 nitrogen and oxygen atoms in total. The van der Waals surface area contributed by atoms with Crippen LogP contribution < -0.4 is 15.5 Å². The zero-order chi connectivity index (χ0) is 19.2. The van der Waals surface area contributed by atoms with E-state index in [-0.39, 0.29) is 24.0 Å². The van der Waals surface area contributed by atoms with Crippen LogP contribution in [0.2, 0.25) is 0 Å². The van der Waals surface area contributed by atoms with E-state index in [0.29, 0.717) is 6.04 Å². The molecule has 0 heterocycles. The summed E-state index contributed by atoms with van der Waals surface area (Å²) in [5.74, 6) is 0.907. The van der Waals surface area contributed by atoms with Crippen LogP contribution in [0.15, 0.2) is 35.3 Å². The van der Waals surface area contributed by atoms with Crippen molar-refractivity contribution < 1.29 is 0 Å². The molecule has 0 fully saturated rings. The fraction of sp³-hybridized carbons (Fsp3) is 0.667. The average molecular weight is 489 g/mol. The van der Waals surface area contributed by atoms with Crippen molar-refractivity contribution in [2.45, 2.75) is 46.1 Å². The van der Waals surface area contributed by atoms with E-state index in [2.05, 4.69) is 83.6 Å². The summed E-state index contributed by atoms with van der Waals surface area (Å²) in [5.41, 5.74) is 1.30. The molecule has 2 N–H and O–H groups in total. The lowest BCUT2D eigenvalue weighted by Gasteiger charge is -2.23. The first-order valence-electron chi connectivity index (χ1n) is 10.0. The Kier molecular flexibility index (Phi) is 15.4. The highest BCUT2D eigenvalue weighted by molar-refractivity contribution is 14.0. The number of benzene rings is 1. The number of rotatable bonds is 12. The monoisotopic (exact) mass is 489 g/mol. The van der Waals surface area contributed by atoms with Crippen LogP contribution in [-0.4, -0.2) is 63.7 Å². The van der Waals surface area contributed by atoms with Gasteiger partial charge < -0.3 is 20.4 Å². The van der Waals surface area contributed by atoms with Crippen LogP contribution in [0.5, 0.6) is 0 Å². The molecule has 0 aliphatic heterocycles. The maximum absolute atomic E-state index is 4.31. The number of unbranched alkanes of at least 4 members (excludes halogenated alkanes) is 1. The summed E-state index contributed by atoms with van der Waals surface area (Å²) < 4.78 is 0. The Bertz CT molecular complexity index is 493. The smallest absolute Gasteiger partial charge is 0.190 e. The number of guanidine groups is 1. The molecule has 0 aromatic heterocycles. The molecule has 0 unspecified atom stereocenters. The third-order valence-electron chi connectivity index (χ3n) is 4.74. The van der Waals surface area contributed by atoms with Crippen molar-refractivity contribution in [2.24, 2.45) is 4.99 Å². The molecule has 0 atom stereocenters. The van der Waals surface area contributed by atoms with Crippen molar-refractivity contribution in [1.29, 1.82) is 0 Å². The highest BCUT2D eigenvalue weighted by Crippen LogP contribution is 2.12. The van der Waals surface area contributed by atoms with Crippen LogP contribution >= 0.6 is 24.0 Å². The van der Waals surface area contributed by atoms with Gasteiger partial charge in [0.1, 0.15) is 0 Å². The first kappa shape index (κ1) is 26.0. The minimum Gasteiger partial charge on any atom is -0.372 e. The maximum atomic E-state index is 4.31. The Morgan fingerprint density at radius 1 is 1.00 bits per heavy atom. The van der Waals surface area contributed by atoms with Gasteiger partial charge in [0.25, 0.3) is 0 Å². The van der Waals surface area contributed by atoms with Gasteiger partial charge in [0, 0.05) is 45.0 Å². The third kappa shape index (κ3) is 11.4. The van der Waals surface area contributed by atoms with Crippen LogP contribution in [0.3, 0.4) is 0 Å². The molecule has 0 bridgehead atoms. The number of aliphatic imine (C=N–C) groups is 1. The summed E-state index contributed by atoms with van der Waals surface area (Å²) in [7, 11) is 4.03. The highest BCUT2D eigenvalue weighted by Gasteiger charge is 2.04. The van der Waals surface area contributed by atoms with E-state index in [0.717, 1.165) is 51.5 Å². The lowest BCUT2D eigenvalue weighted by atomic mass is 10.2. The summed E-state index contributed by atoms with van der Waals surface area (Å²) in [6.07, 6.45) is 3.46. The van der Waals surface area contributed by atoms with Crippen LogP contribution in [0.4, 0.5) is 5.69 Å². The van der Waals surface area contributed by atoms with Crippen LogP contribution in [0, 0.1) is 0 Å². The molecule has 6 heteroatoms. The van der Waals surface area contributed by atoms with E-state index in [1.54, 1.807) is 0 Å². The van der Waals surface area contributed by atoms with Gasteiger partial charge in [-0.1, -0.05) is 18.2 Å². The zero-order valence-electron chi connectivity index (χ0n) is 17.9. The van der Waals surface area contributed by atoms with E-state index in [9.17, 15) is 0 Å². The van der Waals surface area contributed by atoms with Gasteiger partial charge in [-0.15, -0.1) is 24.0 Å². The molecule has 1 aromatic rings. The Morgan fingerprint density at radius 3 is 2.19 bits per heavy atom. The Labute approximate surface area is 184 Å². The quantitative estimate of drug-likeness (QED) is 0.203. The van der Waals surface area contributed by atoms with Crippen molar-refractivity contribution in [1.82, 2.24) is 15.5 Å². The second-order valence-corrected chi connectivity index (χ2v) is 6.98. The maximum Gasteiger partial charge on any atom is 0.190 e. The van der Waals surface area contributed by atoms with Crippen LogP contribution in [-0.2, 0) is 0 Å². The highest BCUT2D eigenvalue weighted by atomic mass is 127. The Morgan fingerprint density at radius 2 is 1.63 bits per heavy atom. The molecule has 0 amide bonds. The molecular formula is C21H40IN5. The van der Waals surface area contributed by atoms with E-state index in [1.807, 2.05) is 7.05 Å². The molecule has 156 valence electrons. The van der Waals surface area contributed by atoms with Crippen LogP contribution in [0.1, 0.15) is 40.0 Å². The van der Waals surface area contributed by atoms with Gasteiger partial charge in [-0.3, -0.25) is 4.99 Å². The molecule has 1 aromatic carbocycles. The SMILES string of the molecule is CCN(CCCNC(=NC)NCCCCN(C)C(C)C)c1ccccc1.I. The van der Waals surface area contributed by atoms with E-state index >= 15 is 0 Å². The number of anilines is 1. The standard InChI is InChI=1S/C21H39N5.HI/c1-6-26(20-13-8-7-9-14-20)18-12-16-24-21(22-4)23-15-10-11-17-25(5)19(2)3;/h7-9,13-14,19H,6,10-12,15-18H2,1-5H3,(H2,22,23,24);1H. The number of hydrogen-bond acceptors (Lipinski definition) is 3. The van der Waals surface area contributed by atoms with Gasteiger partial charge >= 0.3 is 0 Å². The third-order valence-corrected chi connectivity index (χ3v) is 4.74. The summed E-state index contributed by atoms with van der Waals surface area (Å²) in [6.45, 7) is 11.8. The van der Waals surface area contributed by atoms with Crippen molar-refractivity contribution in [3.8, 4) is 0 Å². The summed E-state index contributed by atoms with van der Waals surface area (Å²) in [5, 5.41) is 6.83. The second-order valence-electron chi connectivity index (χ2n) is 6.98. The molecule has 0 spiro atoms. The normalized spacial score (nSPS) is 11.4. The zero-order valence-corrected chi connectivity index (χ0v) is 20.2. The van der Waals surface area contributed by atoms with Crippen molar-refractivity contribution in [2.75, 3.05) is 51.7 Å². The topological polar surface area (TPSA) is 42.9 Å². The van der Waals surface area contributed by atoms with Gasteiger partial charge in [0.05, 0.1) is 0 Å². The van der Waals surface area contributed by atoms with Gasteiger partial charge in [-0.2, -0.15) is 0 Å². The largest absolute Gasteiger partial charge is 0.372 e. The van der Waals surface area contributed by atoms with Gasteiger partial charge in [0.15, 0.2) is 5.96 Å². The fourth-order valence-electron chi connectivity index (χ4n) is 2.76. The summed E-state index contributed by atoms with van der Waals surface area (Å²) >= 11 is 0.